The topological polar surface area (TPSA) is 66.5 Å². The van der Waals surface area contributed by atoms with Crippen LogP contribution >= 0.6 is 11.8 Å². The van der Waals surface area contributed by atoms with Crippen LogP contribution in [0.1, 0.15) is 11.1 Å². The number of nitrogens with zero attached hydrogens (tertiary/aromatic N) is 1. The molecule has 0 bridgehead atoms. The molecule has 0 aliphatic carbocycles. The molecule has 3 rings (SSSR count). The number of hydrogen-bond acceptors (Lipinski definition) is 4. The molecule has 2 aromatic carbocycles. The molecule has 1 atom stereocenters. The van der Waals surface area contributed by atoms with Gasteiger partial charge in [0.1, 0.15) is 0 Å². The van der Waals surface area contributed by atoms with Crippen LogP contribution in [0.3, 0.4) is 0 Å². The van der Waals surface area contributed by atoms with Crippen molar-refractivity contribution < 1.29 is 14.4 Å². The summed E-state index contributed by atoms with van der Waals surface area (Å²) >= 11 is 0.825. The van der Waals surface area contributed by atoms with E-state index in [9.17, 15) is 14.4 Å². The van der Waals surface area contributed by atoms with Crippen LogP contribution in [0.2, 0.25) is 0 Å². The highest BCUT2D eigenvalue weighted by atomic mass is 32.2. The number of amides is 3. The Hall–Kier alpha value is -2.60. The van der Waals surface area contributed by atoms with Gasteiger partial charge < -0.3 is 0 Å². The first-order valence-electron chi connectivity index (χ1n) is 7.49. The number of benzene rings is 2. The zero-order valence-electron chi connectivity index (χ0n) is 13.1. The minimum Gasteiger partial charge on any atom is -0.290 e. The van der Waals surface area contributed by atoms with Crippen molar-refractivity contribution in [3.63, 3.8) is 0 Å². The highest BCUT2D eigenvalue weighted by Gasteiger charge is 2.39. The van der Waals surface area contributed by atoms with Crippen molar-refractivity contribution in [2.75, 3.05) is 4.90 Å². The molecule has 1 N–H and O–H groups in total. The molecule has 1 aliphatic heterocycles. The van der Waals surface area contributed by atoms with Crippen LogP contribution < -0.4 is 10.2 Å². The van der Waals surface area contributed by atoms with Crippen LogP contribution in [0.25, 0.3) is 0 Å². The van der Waals surface area contributed by atoms with Crippen molar-refractivity contribution >= 4 is 34.5 Å². The second-order valence-corrected chi connectivity index (χ2v) is 6.56. The highest BCUT2D eigenvalue weighted by molar-refractivity contribution is 8.15. The molecule has 1 heterocycles. The predicted molar refractivity (Wildman–Crippen MR) is 93.7 cm³/mol. The van der Waals surface area contributed by atoms with Gasteiger partial charge >= 0.3 is 0 Å². The smallest absolute Gasteiger partial charge is 0.288 e. The Balaban J connectivity index is 1.92. The van der Waals surface area contributed by atoms with Gasteiger partial charge in [-0.05, 0) is 36.4 Å². The summed E-state index contributed by atoms with van der Waals surface area (Å²) in [5.74, 6) is -0.695. The number of hydrogen-bond donors (Lipinski definition) is 1. The van der Waals surface area contributed by atoms with Crippen LogP contribution in [-0.2, 0) is 16.0 Å². The maximum atomic E-state index is 12.9. The third-order valence-corrected chi connectivity index (χ3v) is 4.65. The number of imide groups is 1. The Bertz CT molecular complexity index is 775. The number of thioether (sulfide) groups is 1. The molecule has 6 heteroatoms. The molecule has 24 heavy (non-hydrogen) atoms. The fourth-order valence-corrected chi connectivity index (χ4v) is 3.36. The Morgan fingerprint density at radius 3 is 2.33 bits per heavy atom. The third kappa shape index (κ3) is 3.49. The van der Waals surface area contributed by atoms with E-state index in [2.05, 4.69) is 5.32 Å². The van der Waals surface area contributed by atoms with Gasteiger partial charge in [0.25, 0.3) is 11.1 Å². The number of carbonyl (C=O) groups is 3. The van der Waals surface area contributed by atoms with Gasteiger partial charge in [-0.1, -0.05) is 48.0 Å². The largest absolute Gasteiger partial charge is 0.290 e. The predicted octanol–water partition coefficient (Wildman–Crippen LogP) is 2.88. The monoisotopic (exact) mass is 340 g/mol. The number of carbonyl (C=O) groups excluding carboxylic acids is 3. The maximum absolute atomic E-state index is 12.9. The van der Waals surface area contributed by atoms with Gasteiger partial charge in [0, 0.05) is 5.69 Å². The fraction of sp³-hybridized carbons (Fsp3) is 0.167. The molecule has 122 valence electrons. The van der Waals surface area contributed by atoms with E-state index in [1.165, 1.54) is 4.90 Å². The fourth-order valence-electron chi connectivity index (χ4n) is 2.49. The molecule has 0 saturated carbocycles. The van der Waals surface area contributed by atoms with Crippen molar-refractivity contribution in [3.8, 4) is 0 Å². The zero-order chi connectivity index (χ0) is 17.1. The molecule has 3 amide bonds. The minimum atomic E-state index is -0.878. The maximum Gasteiger partial charge on any atom is 0.288 e. The van der Waals surface area contributed by atoms with E-state index in [1.807, 2.05) is 49.4 Å². The molecular formula is C18H16N2O3S. The lowest BCUT2D eigenvalue weighted by molar-refractivity contribution is -0.123. The lowest BCUT2D eigenvalue weighted by Crippen LogP contribution is -2.44. The van der Waals surface area contributed by atoms with E-state index in [4.69, 9.17) is 0 Å². The van der Waals surface area contributed by atoms with Gasteiger partial charge in [0.15, 0.2) is 5.37 Å². The Labute approximate surface area is 144 Å². The van der Waals surface area contributed by atoms with Crippen LogP contribution in [0.4, 0.5) is 10.5 Å². The van der Waals surface area contributed by atoms with E-state index in [1.54, 1.807) is 12.1 Å². The molecule has 0 spiro atoms. The molecule has 2 aromatic rings. The summed E-state index contributed by atoms with van der Waals surface area (Å²) < 4.78 is 0. The lowest BCUT2D eigenvalue weighted by Gasteiger charge is -2.26. The molecule has 5 nitrogen and oxygen atoms in total. The van der Waals surface area contributed by atoms with Crippen molar-refractivity contribution in [2.45, 2.75) is 18.7 Å². The van der Waals surface area contributed by atoms with Crippen LogP contribution in [0, 0.1) is 6.92 Å². The molecule has 0 radical (unpaired) electrons. The van der Waals surface area contributed by atoms with Crippen molar-refractivity contribution in [1.82, 2.24) is 5.32 Å². The van der Waals surface area contributed by atoms with Crippen LogP contribution in [0.5, 0.6) is 0 Å². The van der Waals surface area contributed by atoms with Gasteiger partial charge in [-0.15, -0.1) is 0 Å². The minimum absolute atomic E-state index is 0.160. The van der Waals surface area contributed by atoms with E-state index < -0.39 is 16.5 Å². The lowest BCUT2D eigenvalue weighted by atomic mass is 10.1. The van der Waals surface area contributed by atoms with E-state index in [0.717, 1.165) is 22.9 Å². The van der Waals surface area contributed by atoms with Gasteiger partial charge in [-0.2, -0.15) is 0 Å². The quantitative estimate of drug-likeness (QED) is 0.929. The summed E-state index contributed by atoms with van der Waals surface area (Å²) in [7, 11) is 0. The summed E-state index contributed by atoms with van der Waals surface area (Å²) in [6.07, 6.45) is 0.160. The number of nitrogens with one attached hydrogen (secondary N) is 1. The zero-order valence-corrected chi connectivity index (χ0v) is 13.9. The standard InChI is InChI=1S/C18H16N2O3S/c1-12-7-9-14(10-8-12)20(17-16(22)19-18(23)24-17)15(21)11-13-5-3-2-4-6-13/h2-10,17H,11H2,1H3,(H,19,22,23)/t17-/m0/s1. The number of rotatable bonds is 4. The second-order valence-electron chi connectivity index (χ2n) is 5.51. The summed E-state index contributed by atoms with van der Waals surface area (Å²) in [6, 6.07) is 16.6. The van der Waals surface area contributed by atoms with Gasteiger partial charge in [-0.3, -0.25) is 24.6 Å². The SMILES string of the molecule is Cc1ccc(N(C(=O)Cc2ccccc2)[C@H]2SC(=O)NC2=O)cc1. The van der Waals surface area contributed by atoms with Gasteiger partial charge in [-0.25, -0.2) is 0 Å². The van der Waals surface area contributed by atoms with Crippen molar-refractivity contribution in [3.05, 3.63) is 65.7 Å². The Kier molecular flexibility index (Phi) is 4.66. The molecule has 0 unspecified atom stereocenters. The molecule has 1 fully saturated rings. The Morgan fingerprint density at radius 2 is 1.75 bits per heavy atom. The first-order chi connectivity index (χ1) is 11.5. The first-order valence-corrected chi connectivity index (χ1v) is 8.37. The van der Waals surface area contributed by atoms with Crippen LogP contribution in [0.15, 0.2) is 54.6 Å². The number of aryl methyl sites for hydroxylation is 1. The van der Waals surface area contributed by atoms with Crippen molar-refractivity contribution in [1.29, 1.82) is 0 Å². The van der Waals surface area contributed by atoms with Gasteiger partial charge in [0.05, 0.1) is 6.42 Å². The number of anilines is 1. The highest BCUT2D eigenvalue weighted by Crippen LogP contribution is 2.29. The second kappa shape index (κ2) is 6.88. The molecular weight excluding hydrogens is 324 g/mol. The first kappa shape index (κ1) is 16.3. The van der Waals surface area contributed by atoms with E-state index in [-0.39, 0.29) is 12.3 Å². The molecule has 1 aliphatic rings. The summed E-state index contributed by atoms with van der Waals surface area (Å²) in [5, 5.41) is 0.925. The Morgan fingerprint density at radius 1 is 1.08 bits per heavy atom. The summed E-state index contributed by atoms with van der Waals surface area (Å²) in [4.78, 5) is 37.9. The molecule has 0 aromatic heterocycles. The van der Waals surface area contributed by atoms with Gasteiger partial charge in [0.2, 0.25) is 5.91 Å². The summed E-state index contributed by atoms with van der Waals surface area (Å²) in [5.41, 5.74) is 2.51. The average Bonchev–Trinajstić information content (AvgIpc) is 2.89. The van der Waals surface area contributed by atoms with Crippen molar-refractivity contribution in [2.24, 2.45) is 0 Å². The molecule has 1 saturated heterocycles. The third-order valence-electron chi connectivity index (χ3n) is 3.68. The van der Waals surface area contributed by atoms with Crippen LogP contribution in [-0.4, -0.2) is 22.4 Å². The summed E-state index contributed by atoms with van der Waals surface area (Å²) in [6.45, 7) is 1.94. The van der Waals surface area contributed by atoms with E-state index >= 15 is 0 Å². The van der Waals surface area contributed by atoms with E-state index in [0.29, 0.717) is 5.69 Å². The average molecular weight is 340 g/mol. The normalized spacial score (nSPS) is 16.8.